The van der Waals surface area contributed by atoms with Crippen molar-refractivity contribution in [1.29, 1.82) is 0 Å². The quantitative estimate of drug-likeness (QED) is 0.712. The van der Waals surface area contributed by atoms with Crippen LogP contribution in [0.15, 0.2) is 48.5 Å². The molecule has 1 N–H and O–H groups in total. The first-order chi connectivity index (χ1) is 14.5. The lowest BCUT2D eigenvalue weighted by Gasteiger charge is -2.46. The van der Waals surface area contributed by atoms with Gasteiger partial charge in [0.2, 0.25) is 21.8 Å². The monoisotopic (exact) mass is 463 g/mol. The molecule has 0 bridgehead atoms. The van der Waals surface area contributed by atoms with Crippen molar-refractivity contribution in [2.75, 3.05) is 19.3 Å². The molecule has 7 nitrogen and oxygen atoms in total. The highest BCUT2D eigenvalue weighted by Crippen LogP contribution is 2.27. The molecule has 31 heavy (non-hydrogen) atoms. The van der Waals surface area contributed by atoms with Crippen LogP contribution in [0.3, 0.4) is 0 Å². The van der Waals surface area contributed by atoms with E-state index >= 15 is 0 Å². The van der Waals surface area contributed by atoms with Gasteiger partial charge in [0, 0.05) is 24.7 Å². The molecule has 0 aromatic heterocycles. The van der Waals surface area contributed by atoms with Crippen LogP contribution in [0.5, 0.6) is 0 Å². The van der Waals surface area contributed by atoms with E-state index < -0.39 is 27.4 Å². The third-order valence-electron chi connectivity index (χ3n) is 5.44. The summed E-state index contributed by atoms with van der Waals surface area (Å²) in [6.07, 6.45) is 1.04. The smallest absolute Gasteiger partial charge is 0.247 e. The Morgan fingerprint density at radius 3 is 2.45 bits per heavy atom. The van der Waals surface area contributed by atoms with Gasteiger partial charge in [-0.2, -0.15) is 4.31 Å². The molecule has 1 saturated heterocycles. The van der Waals surface area contributed by atoms with Gasteiger partial charge < -0.3 is 10.2 Å². The van der Waals surface area contributed by atoms with Gasteiger partial charge in [-0.1, -0.05) is 53.6 Å². The van der Waals surface area contributed by atoms with E-state index in [0.717, 1.165) is 27.3 Å². The SMILES string of the molecule is Cc1cccc(CN2C(=O)CN(S(C)(=O)=O)C[C@]2(C)C(=O)NCc2ccc(Cl)cc2)c1. The number of sulfonamides is 1. The van der Waals surface area contributed by atoms with Crippen molar-refractivity contribution in [3.63, 3.8) is 0 Å². The largest absolute Gasteiger partial charge is 0.350 e. The third-order valence-corrected chi connectivity index (χ3v) is 6.89. The highest BCUT2D eigenvalue weighted by Gasteiger charge is 2.49. The molecule has 0 aliphatic carbocycles. The van der Waals surface area contributed by atoms with Gasteiger partial charge in [-0.3, -0.25) is 9.59 Å². The summed E-state index contributed by atoms with van der Waals surface area (Å²) in [5.74, 6) is -0.834. The lowest BCUT2D eigenvalue weighted by molar-refractivity contribution is -0.153. The van der Waals surface area contributed by atoms with E-state index in [2.05, 4.69) is 5.32 Å². The van der Waals surface area contributed by atoms with Gasteiger partial charge in [-0.15, -0.1) is 0 Å². The molecule has 1 aliphatic heterocycles. The minimum Gasteiger partial charge on any atom is -0.350 e. The van der Waals surface area contributed by atoms with Crippen LogP contribution in [0, 0.1) is 6.92 Å². The van der Waals surface area contributed by atoms with Crippen molar-refractivity contribution in [3.8, 4) is 0 Å². The van der Waals surface area contributed by atoms with E-state index in [1.54, 1.807) is 31.2 Å². The van der Waals surface area contributed by atoms with E-state index in [1.165, 1.54) is 4.90 Å². The van der Waals surface area contributed by atoms with Crippen molar-refractivity contribution in [2.24, 2.45) is 0 Å². The first-order valence-electron chi connectivity index (χ1n) is 9.83. The molecule has 9 heteroatoms. The lowest BCUT2D eigenvalue weighted by Crippen LogP contribution is -2.69. The second-order valence-electron chi connectivity index (χ2n) is 8.08. The zero-order valence-corrected chi connectivity index (χ0v) is 19.3. The molecule has 1 fully saturated rings. The fraction of sp³-hybridized carbons (Fsp3) is 0.364. The van der Waals surface area contributed by atoms with Crippen LogP contribution in [0.25, 0.3) is 0 Å². The Bertz CT molecular complexity index is 1090. The number of rotatable bonds is 6. The summed E-state index contributed by atoms with van der Waals surface area (Å²) in [7, 11) is -3.65. The average Bonchev–Trinajstić information content (AvgIpc) is 2.69. The molecule has 2 amide bonds. The number of hydrogen-bond donors (Lipinski definition) is 1. The maximum Gasteiger partial charge on any atom is 0.247 e. The van der Waals surface area contributed by atoms with Crippen LogP contribution in [0.1, 0.15) is 23.6 Å². The topological polar surface area (TPSA) is 86.8 Å². The summed E-state index contributed by atoms with van der Waals surface area (Å²) in [6.45, 7) is 3.60. The molecular formula is C22H26ClN3O4S. The summed E-state index contributed by atoms with van der Waals surface area (Å²) in [5, 5.41) is 3.44. The second kappa shape index (κ2) is 8.98. The average molecular weight is 464 g/mol. The van der Waals surface area contributed by atoms with Crippen molar-refractivity contribution >= 4 is 33.4 Å². The van der Waals surface area contributed by atoms with Gasteiger partial charge in [0.05, 0.1) is 12.8 Å². The van der Waals surface area contributed by atoms with Gasteiger partial charge >= 0.3 is 0 Å². The number of nitrogens with one attached hydrogen (secondary N) is 1. The van der Waals surface area contributed by atoms with Crippen LogP contribution < -0.4 is 5.32 Å². The molecule has 2 aromatic carbocycles. The van der Waals surface area contributed by atoms with Crippen molar-refractivity contribution < 1.29 is 18.0 Å². The fourth-order valence-electron chi connectivity index (χ4n) is 3.66. The first kappa shape index (κ1) is 23.2. The predicted molar refractivity (Wildman–Crippen MR) is 120 cm³/mol. The van der Waals surface area contributed by atoms with E-state index in [-0.39, 0.29) is 26.2 Å². The van der Waals surface area contributed by atoms with Gasteiger partial charge in [0.25, 0.3) is 0 Å². The van der Waals surface area contributed by atoms with Crippen LogP contribution in [-0.2, 0) is 32.7 Å². The Hall–Kier alpha value is -2.42. The molecule has 0 radical (unpaired) electrons. The lowest BCUT2D eigenvalue weighted by atomic mass is 9.94. The maximum atomic E-state index is 13.3. The Balaban J connectivity index is 1.88. The number of halogens is 1. The minimum atomic E-state index is -3.65. The zero-order valence-electron chi connectivity index (χ0n) is 17.8. The number of hydrogen-bond acceptors (Lipinski definition) is 4. The van der Waals surface area contributed by atoms with Gasteiger partial charge in [0.15, 0.2) is 0 Å². The normalized spacial score (nSPS) is 20.0. The minimum absolute atomic E-state index is 0.115. The third kappa shape index (κ3) is 5.44. The van der Waals surface area contributed by atoms with Gasteiger partial charge in [-0.25, -0.2) is 8.42 Å². The van der Waals surface area contributed by atoms with E-state index in [1.807, 2.05) is 31.2 Å². The molecule has 2 aromatic rings. The molecule has 0 spiro atoms. The molecule has 0 unspecified atom stereocenters. The maximum absolute atomic E-state index is 13.3. The fourth-order valence-corrected chi connectivity index (χ4v) is 4.61. The number of carbonyl (C=O) groups is 2. The Kier molecular flexibility index (Phi) is 6.73. The van der Waals surface area contributed by atoms with Crippen molar-refractivity contribution in [3.05, 3.63) is 70.2 Å². The van der Waals surface area contributed by atoms with E-state index in [4.69, 9.17) is 11.6 Å². The number of carbonyl (C=O) groups excluding carboxylic acids is 2. The zero-order chi connectivity index (χ0) is 22.8. The Morgan fingerprint density at radius 1 is 1.16 bits per heavy atom. The van der Waals surface area contributed by atoms with E-state index in [0.29, 0.717) is 5.02 Å². The highest BCUT2D eigenvalue weighted by atomic mass is 35.5. The Morgan fingerprint density at radius 2 is 1.84 bits per heavy atom. The number of aryl methyl sites for hydroxylation is 1. The van der Waals surface area contributed by atoms with Crippen LogP contribution >= 0.6 is 11.6 Å². The molecule has 1 aliphatic rings. The molecule has 1 atom stereocenters. The van der Waals surface area contributed by atoms with E-state index in [9.17, 15) is 18.0 Å². The summed E-state index contributed by atoms with van der Waals surface area (Å²) >= 11 is 5.91. The van der Waals surface area contributed by atoms with Crippen LogP contribution in [0.2, 0.25) is 5.02 Å². The summed E-state index contributed by atoms with van der Waals surface area (Å²) in [6, 6.07) is 14.7. The number of nitrogens with zero attached hydrogens (tertiary/aromatic N) is 2. The van der Waals surface area contributed by atoms with Crippen LogP contribution in [-0.4, -0.2) is 54.3 Å². The summed E-state index contributed by atoms with van der Waals surface area (Å²) in [5.41, 5.74) is 1.38. The van der Waals surface area contributed by atoms with Crippen LogP contribution in [0.4, 0.5) is 0 Å². The van der Waals surface area contributed by atoms with Gasteiger partial charge in [-0.05, 0) is 37.1 Å². The highest BCUT2D eigenvalue weighted by molar-refractivity contribution is 7.88. The summed E-state index contributed by atoms with van der Waals surface area (Å²) < 4.78 is 25.4. The number of amides is 2. The number of benzene rings is 2. The second-order valence-corrected chi connectivity index (χ2v) is 10.5. The molecule has 3 rings (SSSR count). The molecule has 166 valence electrons. The van der Waals surface area contributed by atoms with Gasteiger partial charge in [0.1, 0.15) is 5.54 Å². The predicted octanol–water partition coefficient (Wildman–Crippen LogP) is 2.33. The van der Waals surface area contributed by atoms with Crippen molar-refractivity contribution in [2.45, 2.75) is 32.5 Å². The summed E-state index contributed by atoms with van der Waals surface area (Å²) in [4.78, 5) is 27.8. The molecule has 1 heterocycles. The molecular weight excluding hydrogens is 438 g/mol. The number of piperazine rings is 1. The Labute approximate surface area is 188 Å². The first-order valence-corrected chi connectivity index (χ1v) is 12.1. The molecule has 0 saturated carbocycles. The van der Waals surface area contributed by atoms with Crippen molar-refractivity contribution in [1.82, 2.24) is 14.5 Å². The standard InChI is InChI=1S/C22H26ClN3O4S/c1-16-5-4-6-18(11-16)13-26-20(27)14-25(31(3,29)30)15-22(26,2)21(28)24-12-17-7-9-19(23)10-8-17/h4-11H,12-15H2,1-3H3,(H,24,28)/t22-/m1/s1.